The lowest BCUT2D eigenvalue weighted by molar-refractivity contribution is -0.139. The number of nitrogens with one attached hydrogen (secondary N) is 1. The topological polar surface area (TPSA) is 72.9 Å². The predicted octanol–water partition coefficient (Wildman–Crippen LogP) is 2.51. The van der Waals surface area contributed by atoms with E-state index in [0.717, 1.165) is 25.0 Å². The van der Waals surface area contributed by atoms with E-state index in [1.165, 1.54) is 12.1 Å². The zero-order valence-corrected chi connectivity index (χ0v) is 15.3. The fourth-order valence-electron chi connectivity index (χ4n) is 3.21. The molecule has 9 heteroatoms. The number of carboxylic acid groups (broad SMARTS) is 1. The van der Waals surface area contributed by atoms with Crippen LogP contribution < -0.4 is 5.32 Å². The monoisotopic (exact) mass is 387 g/mol. The number of rotatable bonds is 6. The van der Waals surface area contributed by atoms with Crippen molar-refractivity contribution in [2.75, 3.05) is 32.0 Å². The Morgan fingerprint density at radius 3 is 2.30 bits per heavy atom. The van der Waals surface area contributed by atoms with Gasteiger partial charge in [-0.05, 0) is 51.1 Å². The lowest BCUT2D eigenvalue weighted by atomic mass is 10.0. The molecule has 2 rings (SSSR count). The Labute approximate surface area is 155 Å². The van der Waals surface area contributed by atoms with Crippen molar-refractivity contribution in [1.29, 1.82) is 0 Å². The van der Waals surface area contributed by atoms with E-state index in [2.05, 4.69) is 5.32 Å². The molecule has 1 amide bonds. The zero-order valence-electron chi connectivity index (χ0n) is 15.3. The Balaban J connectivity index is 1.86. The highest BCUT2D eigenvalue weighted by atomic mass is 19.4. The van der Waals surface area contributed by atoms with Crippen LogP contribution in [0.15, 0.2) is 24.3 Å². The molecule has 1 aliphatic rings. The summed E-state index contributed by atoms with van der Waals surface area (Å²) in [6.07, 6.45) is -2.91. The van der Waals surface area contributed by atoms with Gasteiger partial charge in [0.1, 0.15) is 0 Å². The molecule has 1 saturated heterocycles. The number of anilines is 1. The molecule has 1 heterocycles. The van der Waals surface area contributed by atoms with E-state index in [1.54, 1.807) is 18.9 Å². The van der Waals surface area contributed by atoms with E-state index < -0.39 is 23.8 Å². The molecule has 0 aliphatic carbocycles. The minimum Gasteiger partial charge on any atom is -0.480 e. The molecule has 0 bridgehead atoms. The number of benzene rings is 1. The van der Waals surface area contributed by atoms with Crippen molar-refractivity contribution in [1.82, 2.24) is 9.80 Å². The van der Waals surface area contributed by atoms with Gasteiger partial charge in [0, 0.05) is 24.8 Å². The molecule has 1 atom stereocenters. The maximum Gasteiger partial charge on any atom is 0.416 e. The number of piperidine rings is 1. The first-order valence-corrected chi connectivity index (χ1v) is 8.72. The molecular formula is C18H24F3N3O3. The normalized spacial score (nSPS) is 17.7. The average Bonchev–Trinajstić information content (AvgIpc) is 2.60. The highest BCUT2D eigenvalue weighted by Gasteiger charge is 2.31. The second kappa shape index (κ2) is 8.71. The van der Waals surface area contributed by atoms with Crippen LogP contribution >= 0.6 is 0 Å². The van der Waals surface area contributed by atoms with Crippen LogP contribution in [-0.4, -0.2) is 65.5 Å². The number of aliphatic carboxylic acids is 1. The number of carbonyl (C=O) groups is 2. The summed E-state index contributed by atoms with van der Waals surface area (Å²) in [5.41, 5.74) is -0.447. The van der Waals surface area contributed by atoms with E-state index in [1.807, 2.05) is 4.90 Å². The maximum absolute atomic E-state index is 12.6. The third-order valence-electron chi connectivity index (χ3n) is 4.91. The lowest BCUT2D eigenvalue weighted by Gasteiger charge is -2.38. The number of alkyl halides is 3. The number of hydrogen-bond donors (Lipinski definition) is 2. The van der Waals surface area contributed by atoms with Crippen LogP contribution in [0.25, 0.3) is 0 Å². The zero-order chi connectivity index (χ0) is 20.2. The van der Waals surface area contributed by atoms with Gasteiger partial charge in [0.2, 0.25) is 5.91 Å². The highest BCUT2D eigenvalue weighted by Crippen LogP contribution is 2.29. The van der Waals surface area contributed by atoms with E-state index in [-0.39, 0.29) is 18.5 Å². The van der Waals surface area contributed by atoms with Crippen molar-refractivity contribution in [2.45, 2.75) is 38.0 Å². The second-order valence-corrected chi connectivity index (χ2v) is 6.82. The van der Waals surface area contributed by atoms with Crippen molar-refractivity contribution >= 4 is 17.6 Å². The Morgan fingerprint density at radius 2 is 1.81 bits per heavy atom. The van der Waals surface area contributed by atoms with E-state index in [9.17, 15) is 22.8 Å². The van der Waals surface area contributed by atoms with Crippen molar-refractivity contribution in [2.24, 2.45) is 0 Å². The molecule has 0 spiro atoms. The predicted molar refractivity (Wildman–Crippen MR) is 94.4 cm³/mol. The SMILES string of the molecule is CC(C(=O)Nc1ccc(C(F)(F)F)cc1)N1CCC(N(C)CC(=O)O)CC1. The highest BCUT2D eigenvalue weighted by molar-refractivity contribution is 5.94. The molecule has 1 aromatic rings. The molecular weight excluding hydrogens is 363 g/mol. The average molecular weight is 387 g/mol. The molecule has 27 heavy (non-hydrogen) atoms. The summed E-state index contributed by atoms with van der Waals surface area (Å²) in [7, 11) is 1.77. The molecule has 2 N–H and O–H groups in total. The van der Waals surface area contributed by atoms with Gasteiger partial charge in [-0.3, -0.25) is 19.4 Å². The minimum absolute atomic E-state index is 0.0192. The third kappa shape index (κ3) is 5.93. The van der Waals surface area contributed by atoms with Gasteiger partial charge in [-0.25, -0.2) is 0 Å². The summed E-state index contributed by atoms with van der Waals surface area (Å²) >= 11 is 0. The third-order valence-corrected chi connectivity index (χ3v) is 4.91. The Hall–Kier alpha value is -2.13. The van der Waals surface area contributed by atoms with Gasteiger partial charge < -0.3 is 10.4 Å². The maximum atomic E-state index is 12.6. The van der Waals surface area contributed by atoms with Crippen LogP contribution in [-0.2, 0) is 15.8 Å². The number of hydrogen-bond acceptors (Lipinski definition) is 4. The van der Waals surface area contributed by atoms with Crippen molar-refractivity contribution in [3.63, 3.8) is 0 Å². The van der Waals surface area contributed by atoms with Crippen LogP contribution in [0.5, 0.6) is 0 Å². The van der Waals surface area contributed by atoms with Gasteiger partial charge >= 0.3 is 12.1 Å². The molecule has 1 fully saturated rings. The summed E-state index contributed by atoms with van der Waals surface area (Å²) in [4.78, 5) is 27.0. The van der Waals surface area contributed by atoms with E-state index in [0.29, 0.717) is 18.8 Å². The van der Waals surface area contributed by atoms with E-state index in [4.69, 9.17) is 5.11 Å². The van der Waals surface area contributed by atoms with Gasteiger partial charge in [0.15, 0.2) is 0 Å². The van der Waals surface area contributed by atoms with Crippen LogP contribution in [0.1, 0.15) is 25.3 Å². The summed E-state index contributed by atoms with van der Waals surface area (Å²) in [6, 6.07) is 4.07. The Bertz CT molecular complexity index is 656. The number of likely N-dealkylation sites (N-methyl/N-ethyl adjacent to an activating group) is 1. The van der Waals surface area contributed by atoms with Crippen molar-refractivity contribution in [3.05, 3.63) is 29.8 Å². The van der Waals surface area contributed by atoms with E-state index >= 15 is 0 Å². The first kappa shape index (κ1) is 21.2. The van der Waals surface area contributed by atoms with Crippen molar-refractivity contribution < 1.29 is 27.9 Å². The largest absolute Gasteiger partial charge is 0.480 e. The number of amides is 1. The first-order chi connectivity index (χ1) is 12.6. The summed E-state index contributed by atoms with van der Waals surface area (Å²) < 4.78 is 37.7. The minimum atomic E-state index is -4.41. The van der Waals surface area contributed by atoms with Crippen molar-refractivity contribution in [3.8, 4) is 0 Å². The fraction of sp³-hybridized carbons (Fsp3) is 0.556. The fourth-order valence-corrected chi connectivity index (χ4v) is 3.21. The lowest BCUT2D eigenvalue weighted by Crippen LogP contribution is -2.50. The van der Waals surface area contributed by atoms with Crippen LogP contribution in [0.3, 0.4) is 0 Å². The molecule has 0 aromatic heterocycles. The number of likely N-dealkylation sites (tertiary alicyclic amines) is 1. The quantitative estimate of drug-likeness (QED) is 0.785. The molecule has 6 nitrogen and oxygen atoms in total. The Morgan fingerprint density at radius 1 is 1.26 bits per heavy atom. The van der Waals surface area contributed by atoms with Crippen LogP contribution in [0, 0.1) is 0 Å². The summed E-state index contributed by atoms with van der Waals surface area (Å²) in [5, 5.41) is 11.5. The van der Waals surface area contributed by atoms with Gasteiger partial charge in [-0.1, -0.05) is 0 Å². The Kier molecular flexibility index (Phi) is 6.83. The van der Waals surface area contributed by atoms with Crippen LogP contribution in [0.2, 0.25) is 0 Å². The molecule has 1 aromatic carbocycles. The number of carboxylic acids is 1. The standard InChI is InChI=1S/C18H24F3N3O3/c1-12(24-9-7-15(8-10-24)23(2)11-16(25)26)17(27)22-14-5-3-13(4-6-14)18(19,20)21/h3-6,12,15H,7-11H2,1-2H3,(H,22,27)(H,25,26). The molecule has 1 unspecified atom stereocenters. The summed E-state index contributed by atoms with van der Waals surface area (Å²) in [5.74, 6) is -1.16. The van der Waals surface area contributed by atoms with Gasteiger partial charge in [-0.2, -0.15) is 13.2 Å². The molecule has 1 aliphatic heterocycles. The van der Waals surface area contributed by atoms with Gasteiger partial charge in [0.05, 0.1) is 18.2 Å². The first-order valence-electron chi connectivity index (χ1n) is 8.72. The molecule has 0 saturated carbocycles. The van der Waals surface area contributed by atoms with Gasteiger partial charge in [-0.15, -0.1) is 0 Å². The number of carbonyl (C=O) groups excluding carboxylic acids is 1. The van der Waals surface area contributed by atoms with Crippen LogP contribution in [0.4, 0.5) is 18.9 Å². The summed E-state index contributed by atoms with van der Waals surface area (Å²) in [6.45, 7) is 3.03. The number of halogens is 3. The molecule has 0 radical (unpaired) electrons. The molecule has 150 valence electrons. The van der Waals surface area contributed by atoms with Gasteiger partial charge in [0.25, 0.3) is 0 Å². The second-order valence-electron chi connectivity index (χ2n) is 6.82. The number of nitrogens with zero attached hydrogens (tertiary/aromatic N) is 2. The smallest absolute Gasteiger partial charge is 0.416 e.